The first-order valence-corrected chi connectivity index (χ1v) is 5.04. The molecular weight excluding hydrogens is 198 g/mol. The Balaban J connectivity index is 2.27. The van der Waals surface area contributed by atoms with Gasteiger partial charge in [-0.1, -0.05) is 0 Å². The van der Waals surface area contributed by atoms with E-state index in [0.29, 0.717) is 6.54 Å². The van der Waals surface area contributed by atoms with Crippen molar-refractivity contribution in [2.75, 3.05) is 26.7 Å². The number of nitrogens with one attached hydrogen (secondary N) is 2. The molecule has 0 saturated carbocycles. The summed E-state index contributed by atoms with van der Waals surface area (Å²) in [7, 11) is 1.45. The van der Waals surface area contributed by atoms with Crippen molar-refractivity contribution in [1.29, 1.82) is 0 Å². The number of nitrogens with zero attached hydrogens (tertiary/aromatic N) is 1. The molecular formula is C9H17N3O3. The lowest BCUT2D eigenvalue weighted by molar-refractivity contribution is -0.121. The molecule has 6 heteroatoms. The van der Waals surface area contributed by atoms with Gasteiger partial charge in [0.05, 0.1) is 12.6 Å². The second-order valence-electron chi connectivity index (χ2n) is 3.66. The van der Waals surface area contributed by atoms with Crippen LogP contribution in [0.25, 0.3) is 0 Å². The van der Waals surface area contributed by atoms with Crippen LogP contribution in [-0.4, -0.2) is 54.7 Å². The van der Waals surface area contributed by atoms with Gasteiger partial charge in [0, 0.05) is 13.6 Å². The summed E-state index contributed by atoms with van der Waals surface area (Å²) in [5, 5.41) is 13.9. The van der Waals surface area contributed by atoms with Crippen molar-refractivity contribution in [3.8, 4) is 0 Å². The van der Waals surface area contributed by atoms with Gasteiger partial charge in [-0.05, 0) is 19.4 Å². The van der Waals surface area contributed by atoms with E-state index in [1.807, 2.05) is 4.90 Å². The molecule has 0 aromatic carbocycles. The lowest BCUT2D eigenvalue weighted by Crippen LogP contribution is -2.47. The van der Waals surface area contributed by atoms with E-state index in [1.54, 1.807) is 0 Å². The molecule has 0 aromatic heterocycles. The zero-order chi connectivity index (χ0) is 11.3. The van der Waals surface area contributed by atoms with Crippen molar-refractivity contribution < 1.29 is 14.7 Å². The van der Waals surface area contributed by atoms with Gasteiger partial charge in [-0.25, -0.2) is 4.79 Å². The Hall–Kier alpha value is -1.14. The van der Waals surface area contributed by atoms with Crippen LogP contribution >= 0.6 is 0 Å². The predicted molar refractivity (Wildman–Crippen MR) is 54.3 cm³/mol. The highest BCUT2D eigenvalue weighted by Gasteiger charge is 2.20. The molecule has 3 amide bonds. The van der Waals surface area contributed by atoms with Gasteiger partial charge >= 0.3 is 6.03 Å². The van der Waals surface area contributed by atoms with Crippen molar-refractivity contribution >= 4 is 11.9 Å². The maximum atomic E-state index is 11.3. The second kappa shape index (κ2) is 5.67. The Bertz CT molecular complexity index is 245. The van der Waals surface area contributed by atoms with E-state index < -0.39 is 6.03 Å². The Morgan fingerprint density at radius 2 is 2.27 bits per heavy atom. The molecule has 0 unspecified atom stereocenters. The monoisotopic (exact) mass is 215 g/mol. The van der Waals surface area contributed by atoms with E-state index in [9.17, 15) is 14.7 Å². The van der Waals surface area contributed by atoms with Gasteiger partial charge in [-0.3, -0.25) is 15.0 Å². The number of urea groups is 1. The summed E-state index contributed by atoms with van der Waals surface area (Å²) in [5.41, 5.74) is 0. The van der Waals surface area contributed by atoms with E-state index in [0.717, 1.165) is 19.4 Å². The SMILES string of the molecule is CNC(=O)NC(=O)CN1CCC[C@H](O)C1. The number of aliphatic hydroxyl groups is 1. The summed E-state index contributed by atoms with van der Waals surface area (Å²) >= 11 is 0. The average Bonchev–Trinajstić information content (AvgIpc) is 2.17. The fourth-order valence-corrected chi connectivity index (χ4v) is 1.61. The Morgan fingerprint density at radius 1 is 1.53 bits per heavy atom. The topological polar surface area (TPSA) is 81.7 Å². The largest absolute Gasteiger partial charge is 0.392 e. The van der Waals surface area contributed by atoms with Crippen LogP contribution in [0.2, 0.25) is 0 Å². The quantitative estimate of drug-likeness (QED) is 0.546. The third-order valence-corrected chi connectivity index (χ3v) is 2.33. The van der Waals surface area contributed by atoms with Crippen molar-refractivity contribution in [2.45, 2.75) is 18.9 Å². The van der Waals surface area contributed by atoms with Crippen molar-refractivity contribution in [1.82, 2.24) is 15.5 Å². The predicted octanol–water partition coefficient (Wildman–Crippen LogP) is -1.10. The molecule has 1 atom stereocenters. The molecule has 6 nitrogen and oxygen atoms in total. The summed E-state index contributed by atoms with van der Waals surface area (Å²) in [4.78, 5) is 23.9. The maximum Gasteiger partial charge on any atom is 0.321 e. The summed E-state index contributed by atoms with van der Waals surface area (Å²) in [6.45, 7) is 1.45. The molecule has 3 N–H and O–H groups in total. The van der Waals surface area contributed by atoms with Crippen LogP contribution in [0.15, 0.2) is 0 Å². The number of rotatable bonds is 2. The van der Waals surface area contributed by atoms with Crippen LogP contribution in [0.1, 0.15) is 12.8 Å². The normalized spacial score (nSPS) is 22.1. The molecule has 86 valence electrons. The van der Waals surface area contributed by atoms with Gasteiger partial charge in [0.25, 0.3) is 0 Å². The summed E-state index contributed by atoms with van der Waals surface area (Å²) in [6, 6.07) is -0.502. The molecule has 0 bridgehead atoms. The van der Waals surface area contributed by atoms with Gasteiger partial charge in [-0.15, -0.1) is 0 Å². The molecule has 15 heavy (non-hydrogen) atoms. The molecule has 1 saturated heterocycles. The number of piperidine rings is 1. The molecule has 0 aromatic rings. The molecule has 1 aliphatic rings. The van der Waals surface area contributed by atoms with E-state index in [-0.39, 0.29) is 18.6 Å². The number of β-amino-alcohol motifs (C(OH)–C–C–N with tert-alkyl or cyclic N) is 1. The average molecular weight is 215 g/mol. The zero-order valence-corrected chi connectivity index (χ0v) is 8.82. The standard InChI is InChI=1S/C9H17N3O3/c1-10-9(15)11-8(14)6-12-4-2-3-7(13)5-12/h7,13H,2-6H2,1H3,(H2,10,11,14,15)/t7-/m0/s1. The number of hydrogen-bond donors (Lipinski definition) is 3. The van der Waals surface area contributed by atoms with Crippen LogP contribution in [-0.2, 0) is 4.79 Å². The van der Waals surface area contributed by atoms with Gasteiger partial charge in [0.2, 0.25) is 5.91 Å². The second-order valence-corrected chi connectivity index (χ2v) is 3.66. The summed E-state index contributed by atoms with van der Waals surface area (Å²) in [5.74, 6) is -0.344. The first-order chi connectivity index (χ1) is 7.11. The van der Waals surface area contributed by atoms with E-state index in [4.69, 9.17) is 0 Å². The molecule has 0 aliphatic carbocycles. The highest BCUT2D eigenvalue weighted by molar-refractivity contribution is 5.95. The van der Waals surface area contributed by atoms with Gasteiger partial charge in [0.15, 0.2) is 0 Å². The Labute approximate surface area is 88.6 Å². The van der Waals surface area contributed by atoms with Gasteiger partial charge in [-0.2, -0.15) is 0 Å². The minimum absolute atomic E-state index is 0.157. The molecule has 0 spiro atoms. The Kier molecular flexibility index (Phi) is 4.51. The van der Waals surface area contributed by atoms with E-state index >= 15 is 0 Å². The van der Waals surface area contributed by atoms with Crippen molar-refractivity contribution in [3.63, 3.8) is 0 Å². The molecule has 0 radical (unpaired) electrons. The van der Waals surface area contributed by atoms with Gasteiger partial charge < -0.3 is 10.4 Å². The number of carbonyl (C=O) groups excluding carboxylic acids is 2. The zero-order valence-electron chi connectivity index (χ0n) is 8.82. The lowest BCUT2D eigenvalue weighted by Gasteiger charge is -2.29. The minimum atomic E-state index is -0.502. The highest BCUT2D eigenvalue weighted by Crippen LogP contribution is 2.08. The smallest absolute Gasteiger partial charge is 0.321 e. The maximum absolute atomic E-state index is 11.3. The van der Waals surface area contributed by atoms with Crippen LogP contribution in [0.5, 0.6) is 0 Å². The number of amides is 3. The van der Waals surface area contributed by atoms with Crippen molar-refractivity contribution in [2.24, 2.45) is 0 Å². The molecule has 1 aliphatic heterocycles. The molecule has 1 rings (SSSR count). The number of aliphatic hydroxyl groups excluding tert-OH is 1. The number of imide groups is 1. The fourth-order valence-electron chi connectivity index (χ4n) is 1.61. The molecule has 1 fully saturated rings. The lowest BCUT2D eigenvalue weighted by atomic mass is 10.1. The third kappa shape index (κ3) is 4.26. The molecule has 1 heterocycles. The minimum Gasteiger partial charge on any atom is -0.392 e. The summed E-state index contributed by atoms with van der Waals surface area (Å²) in [6.07, 6.45) is 1.31. The number of likely N-dealkylation sites (tertiary alicyclic amines) is 1. The van der Waals surface area contributed by atoms with Gasteiger partial charge in [0.1, 0.15) is 0 Å². The first kappa shape index (κ1) is 11.9. The highest BCUT2D eigenvalue weighted by atomic mass is 16.3. The Morgan fingerprint density at radius 3 is 2.87 bits per heavy atom. The van der Waals surface area contributed by atoms with Crippen LogP contribution in [0.4, 0.5) is 4.79 Å². The number of carbonyl (C=O) groups is 2. The third-order valence-electron chi connectivity index (χ3n) is 2.33. The fraction of sp³-hybridized carbons (Fsp3) is 0.778. The first-order valence-electron chi connectivity index (χ1n) is 5.04. The van der Waals surface area contributed by atoms with Crippen LogP contribution < -0.4 is 10.6 Å². The number of hydrogen-bond acceptors (Lipinski definition) is 4. The van der Waals surface area contributed by atoms with Crippen LogP contribution in [0, 0.1) is 0 Å². The van der Waals surface area contributed by atoms with E-state index in [1.165, 1.54) is 7.05 Å². The summed E-state index contributed by atoms with van der Waals surface area (Å²) < 4.78 is 0. The van der Waals surface area contributed by atoms with E-state index in [2.05, 4.69) is 10.6 Å². The van der Waals surface area contributed by atoms with Crippen LogP contribution in [0.3, 0.4) is 0 Å². The van der Waals surface area contributed by atoms with Crippen molar-refractivity contribution in [3.05, 3.63) is 0 Å².